The minimum absolute atomic E-state index is 0.193. The number of carboxylic acid groups (broad SMARTS) is 1. The summed E-state index contributed by atoms with van der Waals surface area (Å²) in [6.45, 7) is 6.51. The first-order valence-corrected chi connectivity index (χ1v) is 6.46. The van der Waals surface area contributed by atoms with Gasteiger partial charge in [0.2, 0.25) is 0 Å². The Hall–Kier alpha value is -0.770. The standard InChI is InChI=1S/C13H24N2O2/c1-11(2,3)15(10(16)17)13-6-4-12(8-13,9-14)5-7-13/h4-9,14H2,1-3H3,(H,16,17)/p-1. The average molecular weight is 239 g/mol. The third-order valence-electron chi connectivity index (χ3n) is 4.71. The van der Waals surface area contributed by atoms with E-state index in [1.807, 2.05) is 20.8 Å². The first kappa shape index (κ1) is 12.7. The number of hydrogen-bond acceptors (Lipinski definition) is 3. The summed E-state index contributed by atoms with van der Waals surface area (Å²) in [6, 6.07) is 0. The van der Waals surface area contributed by atoms with Gasteiger partial charge in [-0.15, -0.1) is 0 Å². The maximum absolute atomic E-state index is 11.5. The topological polar surface area (TPSA) is 69.4 Å². The lowest BCUT2D eigenvalue weighted by atomic mass is 9.83. The molecule has 2 bridgehead atoms. The van der Waals surface area contributed by atoms with Gasteiger partial charge in [0.15, 0.2) is 0 Å². The van der Waals surface area contributed by atoms with Crippen LogP contribution in [0.1, 0.15) is 52.9 Å². The molecule has 0 spiro atoms. The quantitative estimate of drug-likeness (QED) is 0.784. The van der Waals surface area contributed by atoms with Gasteiger partial charge in [-0.2, -0.15) is 0 Å². The van der Waals surface area contributed by atoms with Crippen molar-refractivity contribution in [2.75, 3.05) is 6.54 Å². The predicted octanol–water partition coefficient (Wildman–Crippen LogP) is 1.09. The number of nitrogens with two attached hydrogens (primary N) is 1. The van der Waals surface area contributed by atoms with Crippen molar-refractivity contribution < 1.29 is 9.90 Å². The molecule has 0 aromatic heterocycles. The van der Waals surface area contributed by atoms with E-state index in [2.05, 4.69) is 0 Å². The number of amides is 1. The number of carbonyl (C=O) groups is 1. The monoisotopic (exact) mass is 239 g/mol. The summed E-state index contributed by atoms with van der Waals surface area (Å²) in [6.07, 6.45) is 3.88. The molecule has 0 aromatic rings. The molecule has 4 nitrogen and oxygen atoms in total. The van der Waals surface area contributed by atoms with E-state index < -0.39 is 11.6 Å². The van der Waals surface area contributed by atoms with Gasteiger partial charge in [-0.25, -0.2) is 0 Å². The maximum Gasteiger partial charge on any atom is 0.137 e. The highest BCUT2D eigenvalue weighted by atomic mass is 16.4. The summed E-state index contributed by atoms with van der Waals surface area (Å²) >= 11 is 0. The summed E-state index contributed by atoms with van der Waals surface area (Å²) < 4.78 is 0. The van der Waals surface area contributed by atoms with Crippen molar-refractivity contribution >= 4 is 6.09 Å². The van der Waals surface area contributed by atoms with Crippen LogP contribution in [0.4, 0.5) is 4.79 Å². The highest BCUT2D eigenvalue weighted by molar-refractivity contribution is 5.65. The van der Waals surface area contributed by atoms with Gasteiger partial charge in [-0.3, -0.25) is 0 Å². The Kier molecular flexibility index (Phi) is 2.69. The van der Waals surface area contributed by atoms with E-state index in [1.165, 1.54) is 0 Å². The molecule has 0 aromatic carbocycles. The number of fused-ring (bicyclic) bond motifs is 2. The van der Waals surface area contributed by atoms with Gasteiger partial charge < -0.3 is 20.5 Å². The lowest BCUT2D eigenvalue weighted by Gasteiger charge is -2.50. The van der Waals surface area contributed by atoms with Gasteiger partial charge in [0.25, 0.3) is 0 Å². The van der Waals surface area contributed by atoms with E-state index >= 15 is 0 Å². The summed E-state index contributed by atoms with van der Waals surface area (Å²) in [5.41, 5.74) is 5.46. The molecule has 0 aliphatic heterocycles. The first-order valence-electron chi connectivity index (χ1n) is 6.46. The molecule has 0 radical (unpaired) electrons. The van der Waals surface area contributed by atoms with Gasteiger partial charge in [0, 0.05) is 11.1 Å². The number of hydrogen-bond donors (Lipinski definition) is 1. The zero-order valence-corrected chi connectivity index (χ0v) is 11.1. The normalized spacial score (nSPS) is 36.2. The van der Waals surface area contributed by atoms with Gasteiger partial charge in [0.1, 0.15) is 6.09 Å². The Morgan fingerprint density at radius 2 is 1.82 bits per heavy atom. The Bertz CT molecular complexity index is 325. The van der Waals surface area contributed by atoms with Crippen LogP contribution >= 0.6 is 0 Å². The predicted molar refractivity (Wildman–Crippen MR) is 64.3 cm³/mol. The third kappa shape index (κ3) is 1.82. The van der Waals surface area contributed by atoms with E-state index in [9.17, 15) is 9.90 Å². The van der Waals surface area contributed by atoms with Crippen molar-refractivity contribution in [3.63, 3.8) is 0 Å². The Morgan fingerprint density at radius 1 is 1.29 bits per heavy atom. The Labute approximate surface area is 103 Å². The first-order chi connectivity index (χ1) is 7.75. The summed E-state index contributed by atoms with van der Waals surface area (Å²) in [5, 5.41) is 11.5. The van der Waals surface area contributed by atoms with Crippen LogP contribution in [0.2, 0.25) is 0 Å². The number of carbonyl (C=O) groups excluding carboxylic acids is 1. The lowest BCUT2D eigenvalue weighted by Crippen LogP contribution is -2.61. The average Bonchev–Trinajstić information content (AvgIpc) is 2.71. The smallest absolute Gasteiger partial charge is 0.137 e. The van der Waals surface area contributed by atoms with Crippen molar-refractivity contribution in [1.82, 2.24) is 4.90 Å². The second kappa shape index (κ2) is 3.61. The Morgan fingerprint density at radius 3 is 2.12 bits per heavy atom. The molecule has 98 valence electrons. The summed E-state index contributed by atoms with van der Waals surface area (Å²) in [4.78, 5) is 13.1. The molecule has 4 heteroatoms. The van der Waals surface area contributed by atoms with E-state index in [4.69, 9.17) is 5.73 Å². The molecule has 17 heavy (non-hydrogen) atoms. The van der Waals surface area contributed by atoms with Crippen LogP contribution in [0.3, 0.4) is 0 Å². The summed E-state index contributed by atoms with van der Waals surface area (Å²) in [5.74, 6) is 0. The Balaban J connectivity index is 2.31. The molecule has 2 aliphatic rings. The van der Waals surface area contributed by atoms with Crippen molar-refractivity contribution in [2.45, 2.75) is 64.0 Å². The van der Waals surface area contributed by atoms with E-state index in [0.29, 0.717) is 6.54 Å². The molecule has 0 heterocycles. The van der Waals surface area contributed by atoms with Crippen LogP contribution in [0.15, 0.2) is 0 Å². The van der Waals surface area contributed by atoms with E-state index in [1.54, 1.807) is 4.90 Å². The minimum atomic E-state index is -1.03. The van der Waals surface area contributed by atoms with Crippen LogP contribution in [-0.4, -0.2) is 28.6 Å². The van der Waals surface area contributed by atoms with Crippen molar-refractivity contribution in [1.29, 1.82) is 0 Å². The lowest BCUT2D eigenvalue weighted by molar-refractivity contribution is -0.278. The zero-order valence-electron chi connectivity index (χ0n) is 11.1. The molecular formula is C13H23N2O2-. The van der Waals surface area contributed by atoms with Gasteiger partial charge in [-0.05, 0) is 64.8 Å². The molecule has 2 N–H and O–H groups in total. The van der Waals surface area contributed by atoms with Crippen molar-refractivity contribution in [3.05, 3.63) is 0 Å². The second-order valence-electron chi connectivity index (χ2n) is 6.88. The van der Waals surface area contributed by atoms with Crippen molar-refractivity contribution in [3.8, 4) is 0 Å². The fraction of sp³-hybridized carbons (Fsp3) is 0.923. The molecule has 0 saturated heterocycles. The highest BCUT2D eigenvalue weighted by Gasteiger charge is 2.57. The molecule has 2 aliphatic carbocycles. The largest absolute Gasteiger partial charge is 0.530 e. The molecule has 0 atom stereocenters. The number of rotatable bonds is 2. The zero-order chi connectivity index (χ0) is 12.9. The van der Waals surface area contributed by atoms with Gasteiger partial charge >= 0.3 is 0 Å². The van der Waals surface area contributed by atoms with Crippen molar-refractivity contribution in [2.24, 2.45) is 11.1 Å². The van der Waals surface area contributed by atoms with Crippen LogP contribution in [0.25, 0.3) is 0 Å². The van der Waals surface area contributed by atoms with E-state index in [-0.39, 0.29) is 11.0 Å². The number of nitrogens with zero attached hydrogens (tertiary/aromatic N) is 1. The molecule has 2 rings (SSSR count). The fourth-order valence-corrected chi connectivity index (χ4v) is 4.06. The highest BCUT2D eigenvalue weighted by Crippen LogP contribution is 2.59. The molecular weight excluding hydrogens is 216 g/mol. The van der Waals surface area contributed by atoms with Crippen LogP contribution in [0.5, 0.6) is 0 Å². The van der Waals surface area contributed by atoms with Crippen LogP contribution < -0.4 is 10.8 Å². The molecule has 0 unspecified atom stereocenters. The molecule has 2 fully saturated rings. The van der Waals surface area contributed by atoms with Gasteiger partial charge in [0.05, 0.1) is 0 Å². The summed E-state index contributed by atoms with van der Waals surface area (Å²) in [7, 11) is 0. The fourth-order valence-electron chi connectivity index (χ4n) is 4.06. The maximum atomic E-state index is 11.5. The van der Waals surface area contributed by atoms with Crippen LogP contribution in [0, 0.1) is 5.41 Å². The SMILES string of the molecule is CC(C)(C)N(C(=O)[O-])C12CCC(CN)(CC1)C2. The minimum Gasteiger partial charge on any atom is -0.530 e. The van der Waals surface area contributed by atoms with E-state index in [0.717, 1.165) is 32.1 Å². The van der Waals surface area contributed by atoms with Crippen LogP contribution in [-0.2, 0) is 0 Å². The molecule has 1 amide bonds. The van der Waals surface area contributed by atoms with Gasteiger partial charge in [-0.1, -0.05) is 0 Å². The third-order valence-corrected chi connectivity index (χ3v) is 4.71. The molecule has 2 saturated carbocycles. The second-order valence-corrected chi connectivity index (χ2v) is 6.88.